The number of nitrogens with one attached hydrogen (secondary N) is 1. The van der Waals surface area contributed by atoms with Crippen LogP contribution < -0.4 is 5.32 Å². The minimum absolute atomic E-state index is 0.0259. The molecule has 128 valence electrons. The quantitative estimate of drug-likeness (QED) is 0.557. The number of hydrogen-bond acceptors (Lipinski definition) is 4. The van der Waals surface area contributed by atoms with E-state index in [0.29, 0.717) is 11.4 Å². The van der Waals surface area contributed by atoms with Gasteiger partial charge in [-0.1, -0.05) is 18.2 Å². The lowest BCUT2D eigenvalue weighted by molar-refractivity contribution is -0.384. The van der Waals surface area contributed by atoms with Gasteiger partial charge in [0.15, 0.2) is 0 Å². The molecule has 0 bridgehead atoms. The number of furan rings is 1. The Bertz CT molecular complexity index is 884. The van der Waals surface area contributed by atoms with Crippen molar-refractivity contribution in [2.24, 2.45) is 0 Å². The summed E-state index contributed by atoms with van der Waals surface area (Å²) >= 11 is 0. The third-order valence-corrected chi connectivity index (χ3v) is 4.09. The highest BCUT2D eigenvalue weighted by atomic mass is 16.6. The molecule has 0 aliphatic heterocycles. The number of amides is 2. The average molecular weight is 339 g/mol. The molecule has 0 fully saturated rings. The number of nitrogens with zero attached hydrogens (tertiary/aromatic N) is 2. The monoisotopic (exact) mass is 339 g/mol. The molecule has 0 radical (unpaired) electrons. The zero-order valence-corrected chi connectivity index (χ0v) is 13.8. The normalized spacial score (nSPS) is 11.9. The van der Waals surface area contributed by atoms with Gasteiger partial charge in [-0.05, 0) is 31.2 Å². The molecule has 1 aromatic heterocycles. The van der Waals surface area contributed by atoms with Gasteiger partial charge in [-0.2, -0.15) is 0 Å². The summed E-state index contributed by atoms with van der Waals surface area (Å²) in [7, 11) is 1.67. The number of fused-ring (bicyclic) bond motifs is 1. The van der Waals surface area contributed by atoms with E-state index in [1.54, 1.807) is 7.05 Å². The van der Waals surface area contributed by atoms with Gasteiger partial charge in [0.05, 0.1) is 11.0 Å². The van der Waals surface area contributed by atoms with Crippen LogP contribution in [-0.2, 0) is 0 Å². The fraction of sp³-hybridized carbons (Fsp3) is 0.167. The minimum atomic E-state index is -0.485. The first-order chi connectivity index (χ1) is 12.0. The second kappa shape index (κ2) is 6.64. The van der Waals surface area contributed by atoms with E-state index in [-0.39, 0.29) is 17.8 Å². The molecule has 1 heterocycles. The molecule has 1 N–H and O–H groups in total. The average Bonchev–Trinajstić information content (AvgIpc) is 3.05. The van der Waals surface area contributed by atoms with Gasteiger partial charge in [-0.15, -0.1) is 0 Å². The van der Waals surface area contributed by atoms with E-state index < -0.39 is 4.92 Å². The van der Waals surface area contributed by atoms with Gasteiger partial charge in [0.2, 0.25) is 0 Å². The lowest BCUT2D eigenvalue weighted by Crippen LogP contribution is -2.33. The first-order valence-corrected chi connectivity index (χ1v) is 7.72. The van der Waals surface area contributed by atoms with E-state index in [0.717, 1.165) is 11.0 Å². The molecule has 3 rings (SSSR count). The SMILES string of the molecule is CC(c1cc2ccccc2o1)N(C)C(=O)Nc1ccc([N+](=O)[O-])cc1. The number of nitro benzene ring substituents is 1. The molecular weight excluding hydrogens is 322 g/mol. The Morgan fingerprint density at radius 1 is 1.20 bits per heavy atom. The fourth-order valence-corrected chi connectivity index (χ4v) is 2.45. The van der Waals surface area contributed by atoms with Crippen molar-refractivity contribution in [1.29, 1.82) is 0 Å². The van der Waals surface area contributed by atoms with Gasteiger partial charge in [0, 0.05) is 30.3 Å². The molecule has 1 atom stereocenters. The highest BCUT2D eigenvalue weighted by molar-refractivity contribution is 5.89. The number of hydrogen-bond donors (Lipinski definition) is 1. The summed E-state index contributed by atoms with van der Waals surface area (Å²) in [6.45, 7) is 1.87. The highest BCUT2D eigenvalue weighted by Gasteiger charge is 2.21. The fourth-order valence-electron chi connectivity index (χ4n) is 2.45. The topological polar surface area (TPSA) is 88.6 Å². The van der Waals surface area contributed by atoms with Crippen LogP contribution in [0.15, 0.2) is 59.0 Å². The molecule has 2 amide bonds. The van der Waals surface area contributed by atoms with Crippen LogP contribution >= 0.6 is 0 Å². The number of carbonyl (C=O) groups excluding carboxylic acids is 1. The van der Waals surface area contributed by atoms with Crippen molar-refractivity contribution in [1.82, 2.24) is 4.90 Å². The van der Waals surface area contributed by atoms with Crippen LogP contribution in [0.25, 0.3) is 11.0 Å². The van der Waals surface area contributed by atoms with Crippen molar-refractivity contribution in [3.8, 4) is 0 Å². The summed E-state index contributed by atoms with van der Waals surface area (Å²) in [6.07, 6.45) is 0. The standard InChI is InChI=1S/C18H17N3O4/c1-12(17-11-13-5-3-4-6-16(13)25-17)20(2)18(22)19-14-7-9-15(10-8-14)21(23)24/h3-12H,1-2H3,(H,19,22). The van der Waals surface area contributed by atoms with E-state index in [4.69, 9.17) is 4.42 Å². The Balaban J connectivity index is 1.71. The number of benzene rings is 2. The molecule has 25 heavy (non-hydrogen) atoms. The maximum absolute atomic E-state index is 12.4. The Hall–Kier alpha value is -3.35. The van der Waals surface area contributed by atoms with E-state index in [9.17, 15) is 14.9 Å². The Morgan fingerprint density at radius 3 is 2.52 bits per heavy atom. The number of rotatable bonds is 4. The van der Waals surface area contributed by atoms with Crippen molar-refractivity contribution in [2.75, 3.05) is 12.4 Å². The summed E-state index contributed by atoms with van der Waals surface area (Å²) in [5, 5.41) is 14.4. The van der Waals surface area contributed by atoms with Crippen molar-refractivity contribution in [3.63, 3.8) is 0 Å². The molecule has 2 aromatic carbocycles. The van der Waals surface area contributed by atoms with Crippen LogP contribution in [0.4, 0.5) is 16.2 Å². The van der Waals surface area contributed by atoms with Gasteiger partial charge >= 0.3 is 6.03 Å². The number of anilines is 1. The van der Waals surface area contributed by atoms with Crippen LogP contribution in [0.1, 0.15) is 18.7 Å². The second-order valence-corrected chi connectivity index (χ2v) is 5.71. The molecule has 1 unspecified atom stereocenters. The minimum Gasteiger partial charge on any atom is -0.459 e. The van der Waals surface area contributed by atoms with Gasteiger partial charge < -0.3 is 14.6 Å². The van der Waals surface area contributed by atoms with Crippen LogP contribution in [0.2, 0.25) is 0 Å². The van der Waals surface area contributed by atoms with E-state index in [1.165, 1.54) is 29.2 Å². The lowest BCUT2D eigenvalue weighted by Gasteiger charge is -2.23. The van der Waals surface area contributed by atoms with Gasteiger partial charge in [-0.25, -0.2) is 4.79 Å². The largest absolute Gasteiger partial charge is 0.459 e. The maximum Gasteiger partial charge on any atom is 0.322 e. The molecule has 0 spiro atoms. The maximum atomic E-state index is 12.4. The molecule has 0 saturated carbocycles. The Labute approximate surface area is 144 Å². The van der Waals surface area contributed by atoms with E-state index in [2.05, 4.69) is 5.32 Å². The Kier molecular flexibility index (Phi) is 4.38. The first kappa shape index (κ1) is 16.5. The third-order valence-electron chi connectivity index (χ3n) is 4.09. The molecule has 7 nitrogen and oxygen atoms in total. The molecule has 0 aliphatic rings. The van der Waals surface area contributed by atoms with Crippen molar-refractivity contribution >= 4 is 28.4 Å². The number of urea groups is 1. The van der Waals surface area contributed by atoms with Gasteiger partial charge in [-0.3, -0.25) is 10.1 Å². The van der Waals surface area contributed by atoms with E-state index >= 15 is 0 Å². The first-order valence-electron chi connectivity index (χ1n) is 7.72. The van der Waals surface area contributed by atoms with Crippen LogP contribution in [0.3, 0.4) is 0 Å². The van der Waals surface area contributed by atoms with Crippen molar-refractivity contribution in [3.05, 3.63) is 70.5 Å². The Morgan fingerprint density at radius 2 is 1.88 bits per heavy atom. The summed E-state index contributed by atoms with van der Waals surface area (Å²) < 4.78 is 5.80. The molecular formula is C18H17N3O4. The summed E-state index contributed by atoms with van der Waals surface area (Å²) in [5.41, 5.74) is 1.23. The smallest absolute Gasteiger partial charge is 0.322 e. The predicted molar refractivity (Wildman–Crippen MR) is 94.5 cm³/mol. The number of carbonyl (C=O) groups is 1. The molecule has 3 aromatic rings. The zero-order chi connectivity index (χ0) is 18.0. The second-order valence-electron chi connectivity index (χ2n) is 5.71. The number of non-ortho nitro benzene ring substituents is 1. The van der Waals surface area contributed by atoms with Crippen LogP contribution in [0, 0.1) is 10.1 Å². The highest BCUT2D eigenvalue weighted by Crippen LogP contribution is 2.27. The van der Waals surface area contributed by atoms with E-state index in [1.807, 2.05) is 37.3 Å². The summed E-state index contributed by atoms with van der Waals surface area (Å²) in [6, 6.07) is 14.6. The summed E-state index contributed by atoms with van der Waals surface area (Å²) in [4.78, 5) is 24.1. The van der Waals surface area contributed by atoms with Gasteiger partial charge in [0.25, 0.3) is 5.69 Å². The van der Waals surface area contributed by atoms with Crippen LogP contribution in [-0.4, -0.2) is 22.9 Å². The van der Waals surface area contributed by atoms with Crippen LogP contribution in [0.5, 0.6) is 0 Å². The number of nitro groups is 1. The predicted octanol–water partition coefficient (Wildman–Crippen LogP) is 4.57. The molecule has 7 heteroatoms. The van der Waals surface area contributed by atoms with Crippen molar-refractivity contribution in [2.45, 2.75) is 13.0 Å². The summed E-state index contributed by atoms with van der Waals surface area (Å²) in [5.74, 6) is 0.683. The lowest BCUT2D eigenvalue weighted by atomic mass is 10.2. The van der Waals surface area contributed by atoms with Gasteiger partial charge in [0.1, 0.15) is 11.3 Å². The molecule has 0 saturated heterocycles. The third kappa shape index (κ3) is 3.45. The molecule has 0 aliphatic carbocycles. The van der Waals surface area contributed by atoms with Crippen molar-refractivity contribution < 1.29 is 14.1 Å². The number of para-hydroxylation sites is 1. The zero-order valence-electron chi connectivity index (χ0n) is 13.8.